The Labute approximate surface area is 148 Å². The number of hydrogen-bond acceptors (Lipinski definition) is 2. The van der Waals surface area contributed by atoms with Crippen molar-refractivity contribution in [2.45, 2.75) is 25.4 Å². The van der Waals surface area contributed by atoms with Crippen LogP contribution in [0, 0.1) is 5.92 Å². The normalized spacial score (nSPS) is 22.2. The van der Waals surface area contributed by atoms with Gasteiger partial charge in [0.25, 0.3) is 0 Å². The lowest BCUT2D eigenvalue weighted by molar-refractivity contribution is 0.149. The van der Waals surface area contributed by atoms with Crippen molar-refractivity contribution in [2.24, 2.45) is 11.7 Å². The maximum absolute atomic E-state index is 6.29. The molecular formula is C19H22Cl2N2. The predicted molar refractivity (Wildman–Crippen MR) is 98.0 cm³/mol. The van der Waals surface area contributed by atoms with Crippen molar-refractivity contribution < 1.29 is 0 Å². The van der Waals surface area contributed by atoms with Gasteiger partial charge in [0.15, 0.2) is 0 Å². The molecule has 0 spiro atoms. The predicted octanol–water partition coefficient (Wildman–Crippen LogP) is 4.39. The van der Waals surface area contributed by atoms with E-state index >= 15 is 0 Å². The number of halogens is 2. The van der Waals surface area contributed by atoms with E-state index in [-0.39, 0.29) is 6.04 Å². The van der Waals surface area contributed by atoms with Crippen molar-refractivity contribution in [1.29, 1.82) is 0 Å². The molecule has 2 N–H and O–H groups in total. The largest absolute Gasteiger partial charge is 0.327 e. The maximum Gasteiger partial charge on any atom is 0.0409 e. The van der Waals surface area contributed by atoms with E-state index in [1.54, 1.807) is 0 Å². The monoisotopic (exact) mass is 348 g/mol. The first-order chi connectivity index (χ1) is 11.1. The number of benzene rings is 2. The molecular weight excluding hydrogens is 327 g/mol. The molecule has 2 atom stereocenters. The van der Waals surface area contributed by atoms with Gasteiger partial charge in [-0.25, -0.2) is 0 Å². The van der Waals surface area contributed by atoms with Crippen LogP contribution in [-0.2, 0) is 13.0 Å². The highest BCUT2D eigenvalue weighted by Crippen LogP contribution is 2.23. The second kappa shape index (κ2) is 7.67. The van der Waals surface area contributed by atoms with E-state index in [0.29, 0.717) is 5.92 Å². The van der Waals surface area contributed by atoms with Crippen molar-refractivity contribution in [3.63, 3.8) is 0 Å². The van der Waals surface area contributed by atoms with Gasteiger partial charge in [0.2, 0.25) is 0 Å². The van der Waals surface area contributed by atoms with Crippen LogP contribution in [0.5, 0.6) is 0 Å². The summed E-state index contributed by atoms with van der Waals surface area (Å²) in [6, 6.07) is 16.5. The molecule has 2 unspecified atom stereocenters. The number of piperidine rings is 1. The van der Waals surface area contributed by atoms with E-state index in [1.165, 1.54) is 11.1 Å². The average Bonchev–Trinajstić information content (AvgIpc) is 2.49. The zero-order valence-electron chi connectivity index (χ0n) is 13.1. The molecule has 1 fully saturated rings. The van der Waals surface area contributed by atoms with Crippen molar-refractivity contribution >= 4 is 23.2 Å². The third kappa shape index (κ3) is 4.95. The Bertz CT molecular complexity index is 642. The summed E-state index contributed by atoms with van der Waals surface area (Å²) in [5.74, 6) is 0.583. The molecule has 4 heteroatoms. The van der Waals surface area contributed by atoms with Gasteiger partial charge in [0, 0.05) is 35.7 Å². The van der Waals surface area contributed by atoms with Gasteiger partial charge >= 0.3 is 0 Å². The van der Waals surface area contributed by atoms with Crippen LogP contribution in [0.4, 0.5) is 0 Å². The lowest BCUT2D eigenvalue weighted by atomic mass is 9.89. The van der Waals surface area contributed by atoms with Crippen LogP contribution in [0.3, 0.4) is 0 Å². The molecule has 3 rings (SSSR count). The summed E-state index contributed by atoms with van der Waals surface area (Å²) in [6.07, 6.45) is 2.13. The average molecular weight is 349 g/mol. The molecule has 0 saturated carbocycles. The van der Waals surface area contributed by atoms with Gasteiger partial charge in [-0.1, -0.05) is 47.5 Å². The Morgan fingerprint density at radius 1 is 0.957 bits per heavy atom. The standard InChI is InChI=1S/C19H22Cl2N2/c20-17-6-4-14(5-7-17)8-16-10-19(22)13-23(12-16)11-15-2-1-3-18(21)9-15/h1-7,9,16,19H,8,10-13,22H2. The second-order valence-electron chi connectivity index (χ2n) is 6.52. The summed E-state index contributed by atoms with van der Waals surface area (Å²) in [7, 11) is 0. The van der Waals surface area contributed by atoms with Gasteiger partial charge in [0.1, 0.15) is 0 Å². The summed E-state index contributed by atoms with van der Waals surface area (Å²) in [6.45, 7) is 2.93. The number of nitrogens with zero attached hydrogens (tertiary/aromatic N) is 1. The SMILES string of the molecule is NC1CC(Cc2ccc(Cl)cc2)CN(Cc2cccc(Cl)c2)C1. The molecule has 0 amide bonds. The zero-order chi connectivity index (χ0) is 16.2. The van der Waals surface area contributed by atoms with E-state index in [9.17, 15) is 0 Å². The lowest BCUT2D eigenvalue weighted by Crippen LogP contribution is -2.47. The van der Waals surface area contributed by atoms with E-state index in [0.717, 1.165) is 42.5 Å². The molecule has 1 aliphatic rings. The number of likely N-dealkylation sites (tertiary alicyclic amines) is 1. The van der Waals surface area contributed by atoms with Gasteiger partial charge in [-0.2, -0.15) is 0 Å². The molecule has 23 heavy (non-hydrogen) atoms. The van der Waals surface area contributed by atoms with Crippen LogP contribution in [-0.4, -0.2) is 24.0 Å². The van der Waals surface area contributed by atoms with E-state index in [1.807, 2.05) is 30.3 Å². The van der Waals surface area contributed by atoms with Gasteiger partial charge in [-0.05, 0) is 54.2 Å². The van der Waals surface area contributed by atoms with Gasteiger partial charge in [0.05, 0.1) is 0 Å². The van der Waals surface area contributed by atoms with Crippen LogP contribution in [0.25, 0.3) is 0 Å². The molecule has 2 aromatic rings. The number of nitrogens with two attached hydrogens (primary N) is 1. The second-order valence-corrected chi connectivity index (χ2v) is 7.39. The fourth-order valence-electron chi connectivity index (χ4n) is 3.47. The first-order valence-corrected chi connectivity index (χ1v) is 8.81. The molecule has 2 aromatic carbocycles. The van der Waals surface area contributed by atoms with Crippen molar-refractivity contribution in [2.75, 3.05) is 13.1 Å². The maximum atomic E-state index is 6.29. The Morgan fingerprint density at radius 2 is 1.74 bits per heavy atom. The van der Waals surface area contributed by atoms with Crippen LogP contribution in [0.1, 0.15) is 17.5 Å². The fraction of sp³-hybridized carbons (Fsp3) is 0.368. The van der Waals surface area contributed by atoms with E-state index < -0.39 is 0 Å². The summed E-state index contributed by atoms with van der Waals surface area (Å²) in [5, 5.41) is 1.58. The van der Waals surface area contributed by atoms with Crippen LogP contribution >= 0.6 is 23.2 Å². The molecule has 0 bridgehead atoms. The van der Waals surface area contributed by atoms with Crippen molar-refractivity contribution in [3.8, 4) is 0 Å². The highest BCUT2D eigenvalue weighted by Gasteiger charge is 2.25. The van der Waals surface area contributed by atoms with Crippen LogP contribution < -0.4 is 5.73 Å². The molecule has 2 nitrogen and oxygen atoms in total. The minimum atomic E-state index is 0.236. The first-order valence-electron chi connectivity index (χ1n) is 8.05. The Hall–Kier alpha value is -1.06. The third-order valence-corrected chi connectivity index (χ3v) is 4.87. The Morgan fingerprint density at radius 3 is 2.48 bits per heavy atom. The lowest BCUT2D eigenvalue weighted by Gasteiger charge is -2.36. The van der Waals surface area contributed by atoms with Crippen molar-refractivity contribution in [1.82, 2.24) is 4.90 Å². The molecule has 0 aromatic heterocycles. The van der Waals surface area contributed by atoms with E-state index in [4.69, 9.17) is 28.9 Å². The van der Waals surface area contributed by atoms with Gasteiger partial charge < -0.3 is 5.73 Å². The quantitative estimate of drug-likeness (QED) is 0.887. The van der Waals surface area contributed by atoms with Crippen molar-refractivity contribution in [3.05, 3.63) is 69.7 Å². The highest BCUT2D eigenvalue weighted by atomic mass is 35.5. The first kappa shape index (κ1) is 16.8. The van der Waals surface area contributed by atoms with Gasteiger partial charge in [-0.15, -0.1) is 0 Å². The van der Waals surface area contributed by atoms with Crippen LogP contribution in [0.2, 0.25) is 10.0 Å². The smallest absolute Gasteiger partial charge is 0.0409 e. The molecule has 122 valence electrons. The van der Waals surface area contributed by atoms with Crippen LogP contribution in [0.15, 0.2) is 48.5 Å². The minimum Gasteiger partial charge on any atom is -0.327 e. The number of rotatable bonds is 4. The molecule has 1 heterocycles. The Kier molecular flexibility index (Phi) is 5.60. The third-order valence-electron chi connectivity index (χ3n) is 4.38. The van der Waals surface area contributed by atoms with Gasteiger partial charge in [-0.3, -0.25) is 4.90 Å². The molecule has 0 radical (unpaired) electrons. The molecule has 1 saturated heterocycles. The summed E-state index contributed by atoms with van der Waals surface area (Å²) >= 11 is 12.1. The summed E-state index contributed by atoms with van der Waals surface area (Å²) in [5.41, 5.74) is 8.86. The topological polar surface area (TPSA) is 29.3 Å². The summed E-state index contributed by atoms with van der Waals surface area (Å²) < 4.78 is 0. The Balaban J connectivity index is 1.63. The zero-order valence-corrected chi connectivity index (χ0v) is 14.6. The fourth-order valence-corrected chi connectivity index (χ4v) is 3.81. The number of hydrogen-bond donors (Lipinski definition) is 1. The van der Waals surface area contributed by atoms with E-state index in [2.05, 4.69) is 23.1 Å². The molecule has 0 aliphatic carbocycles. The summed E-state index contributed by atoms with van der Waals surface area (Å²) in [4.78, 5) is 2.44. The highest BCUT2D eigenvalue weighted by molar-refractivity contribution is 6.30. The minimum absolute atomic E-state index is 0.236. The molecule has 1 aliphatic heterocycles.